The lowest BCUT2D eigenvalue weighted by Gasteiger charge is -2.32. The molecule has 0 radical (unpaired) electrons. The maximum absolute atomic E-state index is 12.0. The Balaban J connectivity index is 2.39. The van der Waals surface area contributed by atoms with E-state index in [2.05, 4.69) is 0 Å². The monoisotopic (exact) mass is 249 g/mol. The van der Waals surface area contributed by atoms with Gasteiger partial charge in [0.1, 0.15) is 6.04 Å². The SMILES string of the molecule is CC1C(=O)N(C)[N+](=O)N(C)C1c1ccc(N)cc1. The zero-order valence-corrected chi connectivity index (χ0v) is 10.7. The van der Waals surface area contributed by atoms with Crippen LogP contribution in [0, 0.1) is 10.8 Å². The molecule has 1 heterocycles. The second kappa shape index (κ2) is 4.29. The topological polar surface area (TPSA) is 69.7 Å². The van der Waals surface area contributed by atoms with Gasteiger partial charge in [0.25, 0.3) is 10.9 Å². The fraction of sp³-hybridized carbons (Fsp3) is 0.417. The van der Waals surface area contributed by atoms with Crippen LogP contribution in [0.1, 0.15) is 18.5 Å². The minimum absolute atomic E-state index is 0.190. The number of hydrazine groups is 2. The number of hydrogen-bond donors (Lipinski definition) is 1. The van der Waals surface area contributed by atoms with Crippen molar-refractivity contribution in [1.82, 2.24) is 10.0 Å². The van der Waals surface area contributed by atoms with Gasteiger partial charge in [-0.05, 0) is 22.7 Å². The Bertz CT molecular complexity index is 463. The predicted octanol–water partition coefficient (Wildman–Crippen LogP) is 0.959. The van der Waals surface area contributed by atoms with Crippen LogP contribution in [0.4, 0.5) is 5.69 Å². The first-order chi connectivity index (χ1) is 8.43. The van der Waals surface area contributed by atoms with E-state index in [0.717, 1.165) is 10.6 Å². The van der Waals surface area contributed by atoms with E-state index in [0.29, 0.717) is 10.7 Å². The molecule has 0 aromatic heterocycles. The van der Waals surface area contributed by atoms with Gasteiger partial charge in [-0.2, -0.15) is 0 Å². The quantitative estimate of drug-likeness (QED) is 0.594. The standard InChI is InChI=1S/C12H17N4O2/c1-8-11(9-4-6-10(13)7-5-9)14(2)16(18)15(3)12(8)17/h4-8,11H,13H2,1-3H3/q+1. The molecule has 6 heteroatoms. The lowest BCUT2D eigenvalue weighted by Crippen LogP contribution is -2.55. The third-order valence-electron chi connectivity index (χ3n) is 3.39. The van der Waals surface area contributed by atoms with Crippen molar-refractivity contribution in [2.75, 3.05) is 19.8 Å². The van der Waals surface area contributed by atoms with Crippen LogP contribution < -0.4 is 5.73 Å². The molecule has 2 rings (SSSR count). The molecule has 0 bridgehead atoms. The summed E-state index contributed by atoms with van der Waals surface area (Å²) >= 11 is 0. The van der Waals surface area contributed by atoms with Crippen molar-refractivity contribution < 1.29 is 9.77 Å². The van der Waals surface area contributed by atoms with Crippen LogP contribution in [0.3, 0.4) is 0 Å². The Morgan fingerprint density at radius 1 is 1.22 bits per heavy atom. The van der Waals surface area contributed by atoms with Crippen LogP contribution in [-0.2, 0) is 4.79 Å². The molecule has 0 saturated carbocycles. The number of benzene rings is 1. The first kappa shape index (κ1) is 12.3. The number of hydrogen-bond acceptors (Lipinski definition) is 3. The van der Waals surface area contributed by atoms with Crippen molar-refractivity contribution in [3.8, 4) is 0 Å². The molecular weight excluding hydrogens is 232 g/mol. The minimum Gasteiger partial charge on any atom is -0.399 e. The van der Waals surface area contributed by atoms with E-state index in [4.69, 9.17) is 5.73 Å². The van der Waals surface area contributed by atoms with Gasteiger partial charge in [-0.15, -0.1) is 5.01 Å². The highest BCUT2D eigenvalue weighted by atomic mass is 16.4. The molecule has 1 aliphatic rings. The Labute approximate surface area is 105 Å². The molecule has 1 aliphatic heterocycles. The van der Waals surface area contributed by atoms with Crippen LogP contribution in [0.2, 0.25) is 0 Å². The maximum atomic E-state index is 12.0. The van der Waals surface area contributed by atoms with E-state index in [1.165, 1.54) is 12.1 Å². The summed E-state index contributed by atoms with van der Waals surface area (Å²) in [7, 11) is 3.15. The van der Waals surface area contributed by atoms with Crippen molar-refractivity contribution in [3.63, 3.8) is 0 Å². The molecule has 2 unspecified atom stereocenters. The molecule has 1 fully saturated rings. The average molecular weight is 249 g/mol. The Hall–Kier alpha value is -2.11. The van der Waals surface area contributed by atoms with E-state index in [-0.39, 0.29) is 17.9 Å². The van der Waals surface area contributed by atoms with Gasteiger partial charge < -0.3 is 5.73 Å². The van der Waals surface area contributed by atoms with Crippen LogP contribution >= 0.6 is 0 Å². The average Bonchev–Trinajstić information content (AvgIpc) is 2.36. The van der Waals surface area contributed by atoms with Crippen molar-refractivity contribution in [2.45, 2.75) is 13.0 Å². The first-order valence-electron chi connectivity index (χ1n) is 5.76. The van der Waals surface area contributed by atoms with Gasteiger partial charge in [0, 0.05) is 5.69 Å². The molecule has 18 heavy (non-hydrogen) atoms. The normalized spacial score (nSPS) is 24.6. The predicted molar refractivity (Wildman–Crippen MR) is 66.9 cm³/mol. The number of anilines is 1. The summed E-state index contributed by atoms with van der Waals surface area (Å²) in [5.74, 6) is -0.473. The number of amides is 1. The highest BCUT2D eigenvalue weighted by Gasteiger charge is 2.47. The zero-order valence-electron chi connectivity index (χ0n) is 10.7. The summed E-state index contributed by atoms with van der Waals surface area (Å²) in [4.78, 5) is 24.4. The number of nitrogens with two attached hydrogens (primary N) is 1. The van der Waals surface area contributed by atoms with E-state index >= 15 is 0 Å². The zero-order chi connectivity index (χ0) is 13.4. The number of carbonyl (C=O) groups is 1. The van der Waals surface area contributed by atoms with Crippen molar-refractivity contribution in [2.24, 2.45) is 5.92 Å². The van der Waals surface area contributed by atoms with E-state index in [1.807, 2.05) is 19.1 Å². The molecule has 0 spiro atoms. The largest absolute Gasteiger partial charge is 0.399 e. The van der Waals surface area contributed by atoms with Gasteiger partial charge in [0.15, 0.2) is 0 Å². The Kier molecular flexibility index (Phi) is 2.94. The lowest BCUT2D eigenvalue weighted by atomic mass is 9.92. The van der Waals surface area contributed by atoms with Crippen LogP contribution in [0.15, 0.2) is 24.3 Å². The number of nitrogens with zero attached hydrogens (tertiary/aromatic N) is 3. The summed E-state index contributed by atoms with van der Waals surface area (Å²) in [6.07, 6.45) is 0. The number of carbonyl (C=O) groups excluding carboxylic acids is 1. The van der Waals surface area contributed by atoms with E-state index in [9.17, 15) is 9.70 Å². The van der Waals surface area contributed by atoms with Crippen LogP contribution in [0.5, 0.6) is 0 Å². The fourth-order valence-electron chi connectivity index (χ4n) is 2.35. The first-order valence-corrected chi connectivity index (χ1v) is 5.76. The van der Waals surface area contributed by atoms with Crippen LogP contribution in [-0.4, -0.2) is 35.0 Å². The third kappa shape index (κ3) is 1.79. The van der Waals surface area contributed by atoms with E-state index in [1.54, 1.807) is 19.2 Å². The van der Waals surface area contributed by atoms with Gasteiger partial charge in [-0.25, -0.2) is 0 Å². The van der Waals surface area contributed by atoms with Gasteiger partial charge >= 0.3 is 0 Å². The molecule has 6 nitrogen and oxygen atoms in total. The summed E-state index contributed by atoms with van der Waals surface area (Å²) in [5.41, 5.74) is 7.20. The smallest absolute Gasteiger partial charge is 0.290 e. The maximum Gasteiger partial charge on any atom is 0.290 e. The second-order valence-corrected chi connectivity index (χ2v) is 4.59. The van der Waals surface area contributed by atoms with Crippen molar-refractivity contribution in [3.05, 3.63) is 34.7 Å². The Morgan fingerprint density at radius 2 is 1.78 bits per heavy atom. The summed E-state index contributed by atoms with van der Waals surface area (Å²) < 4.78 is 0. The molecule has 96 valence electrons. The molecule has 1 amide bonds. The fourth-order valence-corrected chi connectivity index (χ4v) is 2.35. The van der Waals surface area contributed by atoms with Crippen molar-refractivity contribution in [1.29, 1.82) is 0 Å². The Morgan fingerprint density at radius 3 is 2.33 bits per heavy atom. The lowest BCUT2D eigenvalue weighted by molar-refractivity contribution is -0.823. The highest BCUT2D eigenvalue weighted by Crippen LogP contribution is 2.33. The third-order valence-corrected chi connectivity index (χ3v) is 3.39. The number of nitroso groups, excluding NO2 is 1. The molecule has 2 atom stereocenters. The van der Waals surface area contributed by atoms with Gasteiger partial charge in [-0.1, -0.05) is 19.1 Å². The summed E-state index contributed by atoms with van der Waals surface area (Å²) in [6.45, 7) is 1.82. The molecule has 0 aliphatic carbocycles. The summed E-state index contributed by atoms with van der Waals surface area (Å²) in [6, 6.07) is 6.97. The number of nitrogen functional groups attached to an aromatic ring is 1. The van der Waals surface area contributed by atoms with Crippen molar-refractivity contribution >= 4 is 11.6 Å². The highest BCUT2D eigenvalue weighted by molar-refractivity contribution is 5.78. The minimum atomic E-state index is -0.283. The van der Waals surface area contributed by atoms with Gasteiger partial charge in [0.05, 0.1) is 24.9 Å². The van der Waals surface area contributed by atoms with E-state index < -0.39 is 0 Å². The van der Waals surface area contributed by atoms with Gasteiger partial charge in [0.2, 0.25) is 0 Å². The molecule has 2 N–H and O–H groups in total. The number of rotatable bonds is 1. The molecular formula is C12H17N4O2+. The van der Waals surface area contributed by atoms with Crippen LogP contribution in [0.25, 0.3) is 0 Å². The summed E-state index contributed by atoms with van der Waals surface area (Å²) in [5, 5.41) is 2.59. The second-order valence-electron chi connectivity index (χ2n) is 4.59. The molecule has 1 aromatic carbocycles. The van der Waals surface area contributed by atoms with Gasteiger partial charge in [-0.3, -0.25) is 4.79 Å². The molecule has 1 saturated heterocycles. The molecule has 1 aromatic rings.